The Morgan fingerprint density at radius 2 is 1.45 bits per heavy atom. The molecule has 0 bridgehead atoms. The minimum absolute atomic E-state index is 0.391. The molecule has 1 rings (SSSR count). The predicted molar refractivity (Wildman–Crippen MR) is 43.1 cm³/mol. The Labute approximate surface area is 69.6 Å². The number of rotatable bonds is 0. The van der Waals surface area contributed by atoms with Gasteiger partial charge in [0.05, 0.1) is 0 Å². The van der Waals surface area contributed by atoms with E-state index in [9.17, 15) is 8.78 Å². The average molecular weight is 174 g/mol. The second kappa shape index (κ2) is 2.81. The van der Waals surface area contributed by atoms with Gasteiger partial charge in [-0.1, -0.05) is 0 Å². The summed E-state index contributed by atoms with van der Waals surface area (Å²) < 4.78 is 25.5. The maximum Gasteiger partial charge on any atom is 0.130 e. The van der Waals surface area contributed by atoms with Crippen molar-refractivity contribution in [2.75, 3.05) is 0 Å². The highest BCUT2D eigenvalue weighted by molar-refractivity contribution is 7.80. The lowest BCUT2D eigenvalue weighted by Crippen LogP contribution is -1.92. The van der Waals surface area contributed by atoms with Crippen molar-refractivity contribution in [3.63, 3.8) is 0 Å². The van der Waals surface area contributed by atoms with Gasteiger partial charge in [0.25, 0.3) is 0 Å². The van der Waals surface area contributed by atoms with E-state index in [-0.39, 0.29) is 0 Å². The van der Waals surface area contributed by atoms with Crippen LogP contribution in [0.25, 0.3) is 0 Å². The first-order chi connectivity index (χ1) is 5.04. The van der Waals surface area contributed by atoms with Gasteiger partial charge in [0, 0.05) is 11.0 Å². The number of hydrogen-bond acceptors (Lipinski definition) is 1. The molecule has 3 heteroatoms. The lowest BCUT2D eigenvalue weighted by molar-refractivity contribution is 0.563. The van der Waals surface area contributed by atoms with Gasteiger partial charge >= 0.3 is 0 Å². The highest BCUT2D eigenvalue weighted by atomic mass is 32.1. The normalized spacial score (nSPS) is 10.3. The Morgan fingerprint density at radius 1 is 1.09 bits per heavy atom. The molecule has 0 N–H and O–H groups in total. The Morgan fingerprint density at radius 3 is 1.82 bits per heavy atom. The Bertz CT molecular complexity index is 268. The fourth-order valence-corrected chi connectivity index (χ4v) is 1.05. The van der Waals surface area contributed by atoms with E-state index in [1.165, 1.54) is 0 Å². The van der Waals surface area contributed by atoms with Crippen molar-refractivity contribution in [1.82, 2.24) is 0 Å². The number of thiol groups is 1. The van der Waals surface area contributed by atoms with Crippen LogP contribution in [0.1, 0.15) is 11.1 Å². The standard InChI is InChI=1S/C8H8F2S/c1-4-6(9)3-7(10)5(2)8(4)11/h3,11H,1-2H3. The first-order valence-corrected chi connectivity index (χ1v) is 3.63. The molecule has 0 nitrogen and oxygen atoms in total. The van der Waals surface area contributed by atoms with Crippen LogP contribution < -0.4 is 0 Å². The Hall–Kier alpha value is -0.570. The summed E-state index contributed by atoms with van der Waals surface area (Å²) in [4.78, 5) is 0.391. The monoisotopic (exact) mass is 174 g/mol. The minimum atomic E-state index is -0.543. The third kappa shape index (κ3) is 1.38. The zero-order chi connectivity index (χ0) is 8.59. The molecule has 0 amide bonds. The van der Waals surface area contributed by atoms with Crippen LogP contribution in [0.2, 0.25) is 0 Å². The highest BCUT2D eigenvalue weighted by Crippen LogP contribution is 2.23. The summed E-state index contributed by atoms with van der Waals surface area (Å²) in [6, 6.07) is 0.879. The highest BCUT2D eigenvalue weighted by Gasteiger charge is 2.08. The average Bonchev–Trinajstić information content (AvgIpc) is 1.97. The molecule has 0 unspecified atom stereocenters. The van der Waals surface area contributed by atoms with Gasteiger partial charge < -0.3 is 0 Å². The van der Waals surface area contributed by atoms with Crippen molar-refractivity contribution in [2.45, 2.75) is 18.7 Å². The molecule has 0 atom stereocenters. The maximum absolute atomic E-state index is 12.7. The van der Waals surface area contributed by atoms with Crippen molar-refractivity contribution in [2.24, 2.45) is 0 Å². The van der Waals surface area contributed by atoms with Crippen molar-refractivity contribution in [3.05, 3.63) is 28.8 Å². The van der Waals surface area contributed by atoms with Crippen molar-refractivity contribution in [1.29, 1.82) is 0 Å². The maximum atomic E-state index is 12.7. The molecule has 0 fully saturated rings. The topological polar surface area (TPSA) is 0 Å². The largest absolute Gasteiger partial charge is 0.207 e. The molecule has 0 spiro atoms. The van der Waals surface area contributed by atoms with Crippen LogP contribution in [-0.2, 0) is 0 Å². The van der Waals surface area contributed by atoms with Gasteiger partial charge in [-0.3, -0.25) is 0 Å². The van der Waals surface area contributed by atoms with Crippen LogP contribution in [0.4, 0.5) is 8.78 Å². The van der Waals surface area contributed by atoms with Crippen LogP contribution in [-0.4, -0.2) is 0 Å². The van der Waals surface area contributed by atoms with Crippen LogP contribution in [0, 0.1) is 25.5 Å². The van der Waals surface area contributed by atoms with E-state index in [1.54, 1.807) is 13.8 Å². The summed E-state index contributed by atoms with van der Waals surface area (Å²) in [6.45, 7) is 3.15. The van der Waals surface area contributed by atoms with E-state index in [0.717, 1.165) is 6.07 Å². The molecular weight excluding hydrogens is 166 g/mol. The summed E-state index contributed by atoms with van der Waals surface area (Å²) >= 11 is 3.97. The summed E-state index contributed by atoms with van der Waals surface area (Å²) in [6.07, 6.45) is 0. The SMILES string of the molecule is Cc1c(F)cc(F)c(C)c1S. The van der Waals surface area contributed by atoms with Gasteiger partial charge in [0.1, 0.15) is 11.6 Å². The van der Waals surface area contributed by atoms with Crippen molar-refractivity contribution >= 4 is 12.6 Å². The first kappa shape index (κ1) is 8.53. The molecule has 0 aliphatic rings. The Kier molecular flexibility index (Phi) is 2.18. The van der Waals surface area contributed by atoms with Gasteiger partial charge in [-0.05, 0) is 25.0 Å². The number of halogens is 2. The molecule has 0 saturated carbocycles. The molecule has 0 radical (unpaired) electrons. The lowest BCUT2D eigenvalue weighted by Gasteiger charge is -2.04. The summed E-state index contributed by atoms with van der Waals surface area (Å²) in [5.41, 5.74) is 0.791. The van der Waals surface area contributed by atoms with E-state index in [0.29, 0.717) is 16.0 Å². The zero-order valence-corrected chi connectivity index (χ0v) is 7.17. The molecular formula is C8H8F2S. The smallest absolute Gasteiger partial charge is 0.130 e. The van der Waals surface area contributed by atoms with Gasteiger partial charge in [-0.25, -0.2) is 8.78 Å². The van der Waals surface area contributed by atoms with Crippen molar-refractivity contribution < 1.29 is 8.78 Å². The molecule has 11 heavy (non-hydrogen) atoms. The van der Waals surface area contributed by atoms with Crippen LogP contribution in [0.3, 0.4) is 0 Å². The fourth-order valence-electron chi connectivity index (χ4n) is 0.835. The molecule has 0 aliphatic carbocycles. The third-order valence-corrected chi connectivity index (χ3v) is 2.35. The van der Waals surface area contributed by atoms with Gasteiger partial charge in [0.2, 0.25) is 0 Å². The first-order valence-electron chi connectivity index (χ1n) is 3.18. The minimum Gasteiger partial charge on any atom is -0.207 e. The number of hydrogen-bond donors (Lipinski definition) is 1. The third-order valence-electron chi connectivity index (χ3n) is 1.68. The van der Waals surface area contributed by atoms with E-state index >= 15 is 0 Å². The van der Waals surface area contributed by atoms with E-state index < -0.39 is 11.6 Å². The van der Waals surface area contributed by atoms with E-state index in [4.69, 9.17) is 0 Å². The summed E-state index contributed by atoms with van der Waals surface area (Å²) in [5.74, 6) is -1.09. The van der Waals surface area contributed by atoms with Crippen LogP contribution in [0.5, 0.6) is 0 Å². The fraction of sp³-hybridized carbons (Fsp3) is 0.250. The van der Waals surface area contributed by atoms with Crippen LogP contribution in [0.15, 0.2) is 11.0 Å². The molecule has 0 heterocycles. The van der Waals surface area contributed by atoms with E-state index in [1.807, 2.05) is 0 Å². The van der Waals surface area contributed by atoms with Gasteiger partial charge in [0.15, 0.2) is 0 Å². The number of benzene rings is 1. The van der Waals surface area contributed by atoms with Crippen molar-refractivity contribution in [3.8, 4) is 0 Å². The zero-order valence-electron chi connectivity index (χ0n) is 6.28. The second-order valence-corrected chi connectivity index (χ2v) is 2.89. The quantitative estimate of drug-likeness (QED) is 0.574. The lowest BCUT2D eigenvalue weighted by atomic mass is 10.1. The van der Waals surface area contributed by atoms with Gasteiger partial charge in [-0.15, -0.1) is 12.6 Å². The molecule has 0 saturated heterocycles. The predicted octanol–water partition coefficient (Wildman–Crippen LogP) is 2.87. The molecule has 60 valence electrons. The summed E-state index contributed by atoms with van der Waals surface area (Å²) in [5, 5.41) is 0. The summed E-state index contributed by atoms with van der Waals surface area (Å²) in [7, 11) is 0. The second-order valence-electron chi connectivity index (χ2n) is 2.44. The molecule has 1 aromatic carbocycles. The Balaban J connectivity index is 3.46. The molecule has 1 aromatic rings. The van der Waals surface area contributed by atoms with E-state index in [2.05, 4.69) is 12.6 Å². The molecule has 0 aliphatic heterocycles. The van der Waals surface area contributed by atoms with Crippen LogP contribution >= 0.6 is 12.6 Å². The molecule has 0 aromatic heterocycles. The van der Waals surface area contributed by atoms with Gasteiger partial charge in [-0.2, -0.15) is 0 Å².